The molecule has 202 valence electrons. The molecule has 2 fully saturated rings. The number of aromatic nitrogens is 1. The van der Waals surface area contributed by atoms with Crippen LogP contribution < -0.4 is 5.32 Å². The Morgan fingerprint density at radius 3 is 2.56 bits per heavy atom. The monoisotopic (exact) mass is 530 g/mol. The van der Waals surface area contributed by atoms with E-state index in [0.717, 1.165) is 56.3 Å². The number of nitrogens with zero attached hydrogens (tertiary/aromatic N) is 2. The molecule has 0 unspecified atom stereocenters. The summed E-state index contributed by atoms with van der Waals surface area (Å²) in [6.07, 6.45) is 6.17. The number of halogens is 2. The summed E-state index contributed by atoms with van der Waals surface area (Å²) in [5.74, 6) is -2.22. The fourth-order valence-electron chi connectivity index (χ4n) is 6.41. The van der Waals surface area contributed by atoms with Crippen molar-refractivity contribution in [1.29, 1.82) is 0 Å². The molecular formula is C31H32F2N4O2. The topological polar surface area (TPSA) is 68.4 Å². The second-order valence-corrected chi connectivity index (χ2v) is 10.8. The number of rotatable bonds is 5. The van der Waals surface area contributed by atoms with E-state index < -0.39 is 11.6 Å². The molecule has 3 aliphatic rings. The summed E-state index contributed by atoms with van der Waals surface area (Å²) in [5.41, 5.74) is 4.70. The number of carbonyl (C=O) groups is 2. The molecule has 0 bridgehead atoms. The lowest BCUT2D eigenvalue weighted by molar-refractivity contribution is -0.110. The number of anilines is 1. The summed E-state index contributed by atoms with van der Waals surface area (Å²) in [5, 5.41) is 2.84. The molecule has 0 radical (unpaired) electrons. The van der Waals surface area contributed by atoms with Gasteiger partial charge in [0.2, 0.25) is 0 Å². The molecular weight excluding hydrogens is 498 g/mol. The lowest BCUT2D eigenvalue weighted by Gasteiger charge is -2.28. The highest BCUT2D eigenvalue weighted by atomic mass is 19.2. The molecule has 2 saturated heterocycles. The quantitative estimate of drug-likeness (QED) is 0.412. The van der Waals surface area contributed by atoms with Gasteiger partial charge in [-0.05, 0) is 82.0 Å². The van der Waals surface area contributed by atoms with Crippen LogP contribution in [0.1, 0.15) is 58.6 Å². The molecule has 2 amide bonds. The molecule has 0 aliphatic carbocycles. The predicted molar refractivity (Wildman–Crippen MR) is 148 cm³/mol. The Labute approximate surface area is 226 Å². The van der Waals surface area contributed by atoms with Crippen molar-refractivity contribution in [3.63, 3.8) is 0 Å². The van der Waals surface area contributed by atoms with Crippen LogP contribution in [0.4, 0.5) is 14.5 Å². The van der Waals surface area contributed by atoms with Crippen LogP contribution in [-0.2, 0) is 4.79 Å². The van der Waals surface area contributed by atoms with Gasteiger partial charge in [-0.25, -0.2) is 8.78 Å². The maximum Gasteiger partial charge on any atom is 0.256 e. The fourth-order valence-corrected chi connectivity index (χ4v) is 6.41. The van der Waals surface area contributed by atoms with Crippen molar-refractivity contribution < 1.29 is 18.4 Å². The highest BCUT2D eigenvalue weighted by Crippen LogP contribution is 2.42. The molecule has 1 atom stereocenters. The molecule has 3 aromatic rings. The molecule has 2 aromatic carbocycles. The van der Waals surface area contributed by atoms with Crippen molar-refractivity contribution >= 4 is 29.2 Å². The number of hydrogen-bond donors (Lipinski definition) is 2. The highest BCUT2D eigenvalue weighted by molar-refractivity contribution is 6.36. The Balaban J connectivity index is 1.36. The average molecular weight is 531 g/mol. The van der Waals surface area contributed by atoms with Crippen molar-refractivity contribution in [3.8, 4) is 11.1 Å². The third-order valence-electron chi connectivity index (χ3n) is 8.35. The Hall–Kier alpha value is -3.78. The molecule has 2 N–H and O–H groups in total. The van der Waals surface area contributed by atoms with E-state index in [1.54, 1.807) is 24.3 Å². The number of fused-ring (bicyclic) bond motifs is 1. The Morgan fingerprint density at radius 1 is 1.03 bits per heavy atom. The van der Waals surface area contributed by atoms with E-state index in [9.17, 15) is 18.4 Å². The maximum atomic E-state index is 14.8. The molecule has 1 aromatic heterocycles. The zero-order chi connectivity index (χ0) is 27.3. The third-order valence-corrected chi connectivity index (χ3v) is 8.35. The second kappa shape index (κ2) is 10.1. The van der Waals surface area contributed by atoms with Crippen LogP contribution in [0.2, 0.25) is 0 Å². The van der Waals surface area contributed by atoms with Crippen LogP contribution in [0.15, 0.2) is 36.4 Å². The summed E-state index contributed by atoms with van der Waals surface area (Å²) in [4.78, 5) is 34.7. The third kappa shape index (κ3) is 4.46. The van der Waals surface area contributed by atoms with Gasteiger partial charge in [-0.1, -0.05) is 24.3 Å². The highest BCUT2D eigenvalue weighted by Gasteiger charge is 2.34. The summed E-state index contributed by atoms with van der Waals surface area (Å²) in [6.45, 7) is 7.63. The van der Waals surface area contributed by atoms with Gasteiger partial charge in [0.05, 0.1) is 11.1 Å². The minimum absolute atomic E-state index is 0.0198. The first-order valence-corrected chi connectivity index (χ1v) is 13.7. The molecule has 0 spiro atoms. The summed E-state index contributed by atoms with van der Waals surface area (Å²) < 4.78 is 28.8. The standard InChI is InChI=1S/C31H32F2N4O2/c1-18-26(34-19(2)27(18)31(39)37-15-7-8-20(37)17-36-13-3-4-14-36)16-23-28-21(9-6-12-25(28)35-30(23)38)22-10-5-11-24(32)29(22)33/h5-6,9-12,16,20,34H,3-4,7-8,13-15,17H2,1-2H3,(H,35,38)/t20-/m0/s1. The first-order chi connectivity index (χ1) is 18.8. The number of H-pyrrole nitrogens is 1. The Morgan fingerprint density at radius 2 is 1.77 bits per heavy atom. The first-order valence-electron chi connectivity index (χ1n) is 13.7. The second-order valence-electron chi connectivity index (χ2n) is 10.8. The van der Waals surface area contributed by atoms with Crippen LogP contribution in [0.5, 0.6) is 0 Å². The van der Waals surface area contributed by atoms with Crippen LogP contribution in [-0.4, -0.2) is 58.8 Å². The van der Waals surface area contributed by atoms with Crippen LogP contribution in [0.3, 0.4) is 0 Å². The van der Waals surface area contributed by atoms with E-state index >= 15 is 0 Å². The van der Waals surface area contributed by atoms with E-state index in [-0.39, 0.29) is 23.4 Å². The van der Waals surface area contributed by atoms with Gasteiger partial charge in [0.25, 0.3) is 11.8 Å². The molecule has 4 heterocycles. The van der Waals surface area contributed by atoms with Gasteiger partial charge in [0.1, 0.15) is 0 Å². The molecule has 0 saturated carbocycles. The normalized spacial score (nSPS) is 20.2. The van der Waals surface area contributed by atoms with Crippen molar-refractivity contribution in [1.82, 2.24) is 14.8 Å². The number of carbonyl (C=O) groups excluding carboxylic acids is 2. The zero-order valence-corrected chi connectivity index (χ0v) is 22.2. The van der Waals surface area contributed by atoms with Crippen molar-refractivity contribution in [2.45, 2.75) is 45.6 Å². The number of aromatic amines is 1. The van der Waals surface area contributed by atoms with Crippen molar-refractivity contribution in [3.05, 3.63) is 76.1 Å². The van der Waals surface area contributed by atoms with E-state index in [1.807, 2.05) is 18.7 Å². The summed E-state index contributed by atoms with van der Waals surface area (Å²) in [6, 6.07) is 9.36. The zero-order valence-electron chi connectivity index (χ0n) is 22.2. The summed E-state index contributed by atoms with van der Waals surface area (Å²) in [7, 11) is 0. The van der Waals surface area contributed by atoms with Crippen LogP contribution in [0, 0.1) is 25.5 Å². The van der Waals surface area contributed by atoms with E-state index in [2.05, 4.69) is 15.2 Å². The molecule has 39 heavy (non-hydrogen) atoms. The number of hydrogen-bond acceptors (Lipinski definition) is 3. The van der Waals surface area contributed by atoms with Gasteiger partial charge in [-0.2, -0.15) is 0 Å². The SMILES string of the molecule is Cc1[nH]c(C=C2C(=O)Nc3cccc(-c4cccc(F)c4F)c32)c(C)c1C(=O)N1CCC[C@H]1CN1CCCC1. The summed E-state index contributed by atoms with van der Waals surface area (Å²) >= 11 is 0. The molecule has 3 aliphatic heterocycles. The van der Waals surface area contributed by atoms with Gasteiger partial charge in [-0.15, -0.1) is 0 Å². The smallest absolute Gasteiger partial charge is 0.256 e. The molecule has 6 rings (SSSR count). The van der Waals surface area contributed by atoms with Crippen LogP contribution >= 0.6 is 0 Å². The molecule has 8 heteroatoms. The Bertz CT molecular complexity index is 1500. The lowest BCUT2D eigenvalue weighted by Crippen LogP contribution is -2.42. The number of benzene rings is 2. The lowest BCUT2D eigenvalue weighted by atomic mass is 9.93. The van der Waals surface area contributed by atoms with Gasteiger partial charge in [0.15, 0.2) is 11.6 Å². The number of amides is 2. The average Bonchev–Trinajstić information content (AvgIpc) is 3.70. The molecule has 6 nitrogen and oxygen atoms in total. The van der Waals surface area contributed by atoms with E-state index in [1.165, 1.54) is 25.0 Å². The van der Waals surface area contributed by atoms with Crippen molar-refractivity contribution in [2.75, 3.05) is 31.5 Å². The first kappa shape index (κ1) is 25.5. The van der Waals surface area contributed by atoms with Gasteiger partial charge < -0.3 is 20.1 Å². The van der Waals surface area contributed by atoms with Gasteiger partial charge in [0, 0.05) is 47.3 Å². The van der Waals surface area contributed by atoms with E-state index in [4.69, 9.17) is 0 Å². The fraction of sp³-hybridized carbons (Fsp3) is 0.355. The van der Waals surface area contributed by atoms with Crippen LogP contribution in [0.25, 0.3) is 22.8 Å². The Kier molecular flexibility index (Phi) is 6.59. The van der Waals surface area contributed by atoms with E-state index in [0.29, 0.717) is 33.6 Å². The number of nitrogens with one attached hydrogen (secondary N) is 2. The van der Waals surface area contributed by atoms with Crippen molar-refractivity contribution in [2.24, 2.45) is 0 Å². The number of likely N-dealkylation sites (tertiary alicyclic amines) is 2. The predicted octanol–water partition coefficient (Wildman–Crippen LogP) is 5.77. The van der Waals surface area contributed by atoms with Gasteiger partial charge in [-0.3, -0.25) is 9.59 Å². The minimum Gasteiger partial charge on any atom is -0.358 e. The largest absolute Gasteiger partial charge is 0.358 e. The minimum atomic E-state index is -0.960. The number of aryl methyl sites for hydroxylation is 1. The van der Waals surface area contributed by atoms with Gasteiger partial charge >= 0.3 is 0 Å². The maximum absolute atomic E-state index is 14.8.